The normalized spacial score (nSPS) is 18.7. The highest BCUT2D eigenvalue weighted by Crippen LogP contribution is 2.20. The molecule has 0 aromatic carbocycles. The number of aliphatic carboxylic acids is 1. The maximum atomic E-state index is 12.3. The lowest BCUT2D eigenvalue weighted by molar-refractivity contribution is -0.146. The van der Waals surface area contributed by atoms with Gasteiger partial charge in [0.1, 0.15) is 6.33 Å². The Labute approximate surface area is 132 Å². The first kappa shape index (κ1) is 16.8. The van der Waals surface area contributed by atoms with Gasteiger partial charge in [-0.3, -0.25) is 9.59 Å². The molecule has 0 spiro atoms. The predicted octanol–water partition coefficient (Wildman–Crippen LogP) is 0.653. The highest BCUT2D eigenvalue weighted by Gasteiger charge is 2.26. The number of hydrogen-bond acceptors (Lipinski definition) is 6. The molecule has 1 aliphatic heterocycles. The van der Waals surface area contributed by atoms with E-state index >= 15 is 0 Å². The summed E-state index contributed by atoms with van der Waals surface area (Å²) in [7, 11) is 0. The SMILES string of the molecule is CC(C)n1cnnc1SCC(=O)N1CCOC(CC(=O)O)C1. The fourth-order valence-corrected chi connectivity index (χ4v) is 3.12. The number of nitrogens with zero attached hydrogens (tertiary/aromatic N) is 4. The Bertz CT molecular complexity index is 534. The van der Waals surface area contributed by atoms with Crippen molar-refractivity contribution in [3.05, 3.63) is 6.33 Å². The van der Waals surface area contributed by atoms with Crippen LogP contribution < -0.4 is 0 Å². The molecular formula is C13H20N4O4S. The van der Waals surface area contributed by atoms with E-state index in [2.05, 4.69) is 10.2 Å². The lowest BCUT2D eigenvalue weighted by atomic mass is 10.2. The second kappa shape index (κ2) is 7.59. The third-order valence-corrected chi connectivity index (χ3v) is 4.26. The van der Waals surface area contributed by atoms with E-state index in [-0.39, 0.29) is 24.1 Å². The maximum Gasteiger partial charge on any atom is 0.306 e. The minimum absolute atomic E-state index is 0.0398. The van der Waals surface area contributed by atoms with Crippen LogP contribution in [0.15, 0.2) is 11.5 Å². The summed E-state index contributed by atoms with van der Waals surface area (Å²) >= 11 is 1.34. The van der Waals surface area contributed by atoms with Crippen molar-refractivity contribution in [1.29, 1.82) is 0 Å². The second-order valence-electron chi connectivity index (χ2n) is 5.33. The molecule has 1 aromatic heterocycles. The van der Waals surface area contributed by atoms with Gasteiger partial charge in [-0.05, 0) is 13.8 Å². The Morgan fingerprint density at radius 2 is 2.32 bits per heavy atom. The first-order chi connectivity index (χ1) is 10.5. The average Bonchev–Trinajstić information content (AvgIpc) is 2.93. The summed E-state index contributed by atoms with van der Waals surface area (Å²) in [6.45, 7) is 5.23. The Morgan fingerprint density at radius 3 is 3.00 bits per heavy atom. The van der Waals surface area contributed by atoms with Crippen LogP contribution in [-0.4, -0.2) is 68.2 Å². The fraction of sp³-hybridized carbons (Fsp3) is 0.692. The molecule has 1 N–H and O–H groups in total. The van der Waals surface area contributed by atoms with Crippen LogP contribution in [0.2, 0.25) is 0 Å². The molecule has 0 radical (unpaired) electrons. The summed E-state index contributed by atoms with van der Waals surface area (Å²) in [5, 5.41) is 17.4. The summed E-state index contributed by atoms with van der Waals surface area (Å²) in [5.74, 6) is -0.703. The number of thioether (sulfide) groups is 1. The molecule has 22 heavy (non-hydrogen) atoms. The molecule has 0 bridgehead atoms. The fourth-order valence-electron chi connectivity index (χ4n) is 2.17. The van der Waals surface area contributed by atoms with E-state index in [1.165, 1.54) is 11.8 Å². The van der Waals surface area contributed by atoms with Crippen LogP contribution in [0.1, 0.15) is 26.3 Å². The van der Waals surface area contributed by atoms with Crippen molar-refractivity contribution in [2.45, 2.75) is 37.6 Å². The first-order valence-electron chi connectivity index (χ1n) is 7.11. The molecule has 1 unspecified atom stereocenters. The largest absolute Gasteiger partial charge is 0.481 e. The zero-order chi connectivity index (χ0) is 16.1. The zero-order valence-electron chi connectivity index (χ0n) is 12.6. The van der Waals surface area contributed by atoms with Crippen molar-refractivity contribution in [3.8, 4) is 0 Å². The lowest BCUT2D eigenvalue weighted by Crippen LogP contribution is -2.47. The number of amides is 1. The van der Waals surface area contributed by atoms with E-state index in [0.29, 0.717) is 24.9 Å². The second-order valence-corrected chi connectivity index (χ2v) is 6.28. The number of carboxylic acids is 1. The molecule has 1 aliphatic rings. The highest BCUT2D eigenvalue weighted by molar-refractivity contribution is 7.99. The van der Waals surface area contributed by atoms with Crippen molar-refractivity contribution in [3.63, 3.8) is 0 Å². The first-order valence-corrected chi connectivity index (χ1v) is 8.09. The number of carbonyl (C=O) groups excluding carboxylic acids is 1. The van der Waals surface area contributed by atoms with Crippen molar-refractivity contribution in [2.75, 3.05) is 25.4 Å². The van der Waals surface area contributed by atoms with Crippen LogP contribution in [0.5, 0.6) is 0 Å². The molecule has 8 nitrogen and oxygen atoms in total. The van der Waals surface area contributed by atoms with E-state index in [4.69, 9.17) is 9.84 Å². The quantitative estimate of drug-likeness (QED) is 0.766. The molecular weight excluding hydrogens is 308 g/mol. The standard InChI is InChI=1S/C13H20N4O4S/c1-9(2)17-8-14-15-13(17)22-7-11(18)16-3-4-21-10(6-16)5-12(19)20/h8-10H,3-7H2,1-2H3,(H,19,20). The van der Waals surface area contributed by atoms with Gasteiger partial charge < -0.3 is 19.3 Å². The maximum absolute atomic E-state index is 12.3. The number of hydrogen-bond donors (Lipinski definition) is 1. The van der Waals surface area contributed by atoms with E-state index in [1.807, 2.05) is 18.4 Å². The molecule has 122 valence electrons. The third-order valence-electron chi connectivity index (χ3n) is 3.32. The number of rotatable bonds is 6. The summed E-state index contributed by atoms with van der Waals surface area (Å²) in [4.78, 5) is 24.6. The molecule has 1 amide bonds. The Kier molecular flexibility index (Phi) is 5.78. The van der Waals surface area contributed by atoms with Crippen molar-refractivity contribution in [2.24, 2.45) is 0 Å². The van der Waals surface area contributed by atoms with Crippen LogP contribution in [-0.2, 0) is 14.3 Å². The molecule has 9 heteroatoms. The van der Waals surface area contributed by atoms with Gasteiger partial charge in [0, 0.05) is 19.1 Å². The van der Waals surface area contributed by atoms with Crippen LogP contribution in [0.25, 0.3) is 0 Å². The zero-order valence-corrected chi connectivity index (χ0v) is 13.5. The predicted molar refractivity (Wildman–Crippen MR) is 79.7 cm³/mol. The van der Waals surface area contributed by atoms with Crippen LogP contribution in [0, 0.1) is 0 Å². The van der Waals surface area contributed by atoms with E-state index in [0.717, 1.165) is 0 Å². The Hall–Kier alpha value is -1.61. The number of carboxylic acid groups (broad SMARTS) is 1. The van der Waals surface area contributed by atoms with Gasteiger partial charge >= 0.3 is 5.97 Å². The Morgan fingerprint density at radius 1 is 1.55 bits per heavy atom. The van der Waals surface area contributed by atoms with Gasteiger partial charge in [-0.25, -0.2) is 0 Å². The molecule has 2 heterocycles. The molecule has 1 saturated heterocycles. The van der Waals surface area contributed by atoms with Crippen molar-refractivity contribution in [1.82, 2.24) is 19.7 Å². The monoisotopic (exact) mass is 328 g/mol. The molecule has 1 aromatic rings. The van der Waals surface area contributed by atoms with Gasteiger partial charge in [-0.2, -0.15) is 0 Å². The molecule has 1 fully saturated rings. The lowest BCUT2D eigenvalue weighted by Gasteiger charge is -2.32. The van der Waals surface area contributed by atoms with Gasteiger partial charge in [0.15, 0.2) is 5.16 Å². The molecule has 1 atom stereocenters. The average molecular weight is 328 g/mol. The Balaban J connectivity index is 1.86. The third kappa shape index (κ3) is 4.44. The van der Waals surface area contributed by atoms with Crippen LogP contribution in [0.4, 0.5) is 0 Å². The minimum atomic E-state index is -0.918. The van der Waals surface area contributed by atoms with E-state index in [1.54, 1.807) is 11.2 Å². The van der Waals surface area contributed by atoms with Crippen LogP contribution in [0.3, 0.4) is 0 Å². The van der Waals surface area contributed by atoms with Gasteiger partial charge in [-0.15, -0.1) is 10.2 Å². The van der Waals surface area contributed by atoms with Gasteiger partial charge in [0.2, 0.25) is 5.91 Å². The molecule has 0 aliphatic carbocycles. The van der Waals surface area contributed by atoms with Gasteiger partial charge in [0.25, 0.3) is 0 Å². The van der Waals surface area contributed by atoms with Gasteiger partial charge in [0.05, 0.1) is 24.9 Å². The minimum Gasteiger partial charge on any atom is -0.481 e. The summed E-state index contributed by atoms with van der Waals surface area (Å²) < 4.78 is 7.27. The van der Waals surface area contributed by atoms with Crippen LogP contribution >= 0.6 is 11.8 Å². The number of aromatic nitrogens is 3. The summed E-state index contributed by atoms with van der Waals surface area (Å²) in [5.41, 5.74) is 0. The van der Waals surface area contributed by atoms with Crippen molar-refractivity contribution >= 4 is 23.6 Å². The smallest absolute Gasteiger partial charge is 0.306 e. The molecule has 0 saturated carbocycles. The number of carbonyl (C=O) groups is 2. The summed E-state index contributed by atoms with van der Waals surface area (Å²) in [6, 6.07) is 0.232. The van der Waals surface area contributed by atoms with Crippen molar-refractivity contribution < 1.29 is 19.4 Å². The highest BCUT2D eigenvalue weighted by atomic mass is 32.2. The topological polar surface area (TPSA) is 97.5 Å². The van der Waals surface area contributed by atoms with E-state index in [9.17, 15) is 9.59 Å². The number of morpholine rings is 1. The van der Waals surface area contributed by atoms with E-state index < -0.39 is 12.1 Å². The van der Waals surface area contributed by atoms with Gasteiger partial charge in [-0.1, -0.05) is 11.8 Å². The summed E-state index contributed by atoms with van der Waals surface area (Å²) in [6.07, 6.45) is 1.13. The molecule has 2 rings (SSSR count). The number of ether oxygens (including phenoxy) is 1.